The molecule has 0 unspecified atom stereocenters. The third kappa shape index (κ3) is 2.01. The van der Waals surface area contributed by atoms with Crippen LogP contribution in [-0.4, -0.2) is 22.6 Å². The summed E-state index contributed by atoms with van der Waals surface area (Å²) in [5.74, 6) is -0.0241. The summed E-state index contributed by atoms with van der Waals surface area (Å²) >= 11 is 0. The van der Waals surface area contributed by atoms with E-state index in [1.807, 2.05) is 25.1 Å². The monoisotopic (exact) mass is 268 g/mol. The third-order valence-electron chi connectivity index (χ3n) is 3.58. The molecule has 0 saturated heterocycles. The summed E-state index contributed by atoms with van der Waals surface area (Å²) in [6, 6.07) is 7.46. The molecule has 2 aromatic rings. The zero-order chi connectivity index (χ0) is 14.3. The van der Waals surface area contributed by atoms with Gasteiger partial charge in [-0.05, 0) is 50.1 Å². The number of carbonyl (C=O) groups is 1. The summed E-state index contributed by atoms with van der Waals surface area (Å²) in [5.41, 5.74) is 10.6. The van der Waals surface area contributed by atoms with Crippen molar-refractivity contribution >= 4 is 17.3 Å². The maximum atomic E-state index is 12.7. The molecule has 0 aliphatic carbocycles. The first-order chi connectivity index (χ1) is 9.56. The third-order valence-corrected chi connectivity index (χ3v) is 3.58. The largest absolute Gasteiger partial charge is 0.399 e. The standard InChI is InChI=1S/C15H16N4O/c1-9-7-13(10(2)18-17-9)15(20)19-6-5-11-8-12(16)3-4-14(11)19/h3-4,7-8H,5-6,16H2,1-2H3. The van der Waals surface area contributed by atoms with Crippen LogP contribution in [0.2, 0.25) is 0 Å². The number of hydrogen-bond acceptors (Lipinski definition) is 4. The molecule has 2 N–H and O–H groups in total. The van der Waals surface area contributed by atoms with Gasteiger partial charge in [0.25, 0.3) is 5.91 Å². The Morgan fingerprint density at radius 2 is 2.05 bits per heavy atom. The topological polar surface area (TPSA) is 72.1 Å². The summed E-state index contributed by atoms with van der Waals surface area (Å²) in [5, 5.41) is 7.99. The van der Waals surface area contributed by atoms with E-state index in [1.54, 1.807) is 17.9 Å². The number of anilines is 2. The molecule has 0 atom stereocenters. The van der Waals surface area contributed by atoms with Gasteiger partial charge in [0.15, 0.2) is 0 Å². The summed E-state index contributed by atoms with van der Waals surface area (Å²) in [6.45, 7) is 4.32. The van der Waals surface area contributed by atoms with Gasteiger partial charge < -0.3 is 10.6 Å². The molecular formula is C15H16N4O. The molecule has 5 heteroatoms. The molecule has 5 nitrogen and oxygen atoms in total. The molecule has 0 spiro atoms. The molecule has 1 amide bonds. The molecular weight excluding hydrogens is 252 g/mol. The van der Waals surface area contributed by atoms with Gasteiger partial charge in [-0.1, -0.05) is 0 Å². The summed E-state index contributed by atoms with van der Waals surface area (Å²) < 4.78 is 0. The first-order valence-electron chi connectivity index (χ1n) is 6.57. The number of aryl methyl sites for hydroxylation is 2. The van der Waals surface area contributed by atoms with Crippen molar-refractivity contribution in [3.05, 3.63) is 46.8 Å². The number of nitrogens with two attached hydrogens (primary N) is 1. The highest BCUT2D eigenvalue weighted by atomic mass is 16.2. The second kappa shape index (κ2) is 4.59. The smallest absolute Gasteiger partial charge is 0.260 e. The average Bonchev–Trinajstić information content (AvgIpc) is 2.83. The SMILES string of the molecule is Cc1cc(C(=O)N2CCc3cc(N)ccc32)c(C)nn1. The second-order valence-corrected chi connectivity index (χ2v) is 5.08. The van der Waals surface area contributed by atoms with Crippen molar-refractivity contribution in [2.24, 2.45) is 0 Å². The van der Waals surface area contributed by atoms with Crippen molar-refractivity contribution in [2.45, 2.75) is 20.3 Å². The number of amides is 1. The minimum Gasteiger partial charge on any atom is -0.399 e. The van der Waals surface area contributed by atoms with Crippen LogP contribution in [0.15, 0.2) is 24.3 Å². The van der Waals surface area contributed by atoms with Gasteiger partial charge in [0.2, 0.25) is 0 Å². The molecule has 102 valence electrons. The Morgan fingerprint density at radius 3 is 2.85 bits per heavy atom. The lowest BCUT2D eigenvalue weighted by Crippen LogP contribution is -2.30. The van der Waals surface area contributed by atoms with Crippen LogP contribution in [0, 0.1) is 13.8 Å². The Bertz CT molecular complexity index is 696. The lowest BCUT2D eigenvalue weighted by atomic mass is 10.1. The van der Waals surface area contributed by atoms with Crippen molar-refractivity contribution in [2.75, 3.05) is 17.2 Å². The Balaban J connectivity index is 2.00. The predicted molar refractivity (Wildman–Crippen MR) is 77.7 cm³/mol. The highest BCUT2D eigenvalue weighted by molar-refractivity contribution is 6.08. The molecule has 0 saturated carbocycles. The number of fused-ring (bicyclic) bond motifs is 1. The number of rotatable bonds is 1. The molecule has 2 heterocycles. The Hall–Kier alpha value is -2.43. The number of benzene rings is 1. The molecule has 1 aromatic carbocycles. The van der Waals surface area contributed by atoms with Gasteiger partial charge in [0.1, 0.15) is 0 Å². The maximum absolute atomic E-state index is 12.7. The zero-order valence-corrected chi connectivity index (χ0v) is 11.6. The first kappa shape index (κ1) is 12.6. The van der Waals surface area contributed by atoms with E-state index in [9.17, 15) is 4.79 Å². The van der Waals surface area contributed by atoms with E-state index in [2.05, 4.69) is 10.2 Å². The van der Waals surface area contributed by atoms with E-state index < -0.39 is 0 Å². The zero-order valence-electron chi connectivity index (χ0n) is 11.6. The van der Waals surface area contributed by atoms with Crippen LogP contribution >= 0.6 is 0 Å². The lowest BCUT2D eigenvalue weighted by Gasteiger charge is -2.18. The Morgan fingerprint density at radius 1 is 1.25 bits per heavy atom. The molecule has 20 heavy (non-hydrogen) atoms. The van der Waals surface area contributed by atoms with Crippen LogP contribution in [-0.2, 0) is 6.42 Å². The van der Waals surface area contributed by atoms with E-state index in [0.29, 0.717) is 17.8 Å². The van der Waals surface area contributed by atoms with Crippen LogP contribution in [0.1, 0.15) is 27.3 Å². The number of hydrogen-bond donors (Lipinski definition) is 1. The van der Waals surface area contributed by atoms with Gasteiger partial charge >= 0.3 is 0 Å². The van der Waals surface area contributed by atoms with Gasteiger partial charge in [-0.2, -0.15) is 10.2 Å². The fraction of sp³-hybridized carbons (Fsp3) is 0.267. The number of nitrogen functional groups attached to an aromatic ring is 1. The van der Waals surface area contributed by atoms with E-state index in [1.165, 1.54) is 0 Å². The number of nitrogens with zero attached hydrogens (tertiary/aromatic N) is 3. The predicted octanol–water partition coefficient (Wildman–Crippen LogP) is 1.88. The fourth-order valence-electron chi connectivity index (χ4n) is 2.54. The quantitative estimate of drug-likeness (QED) is 0.801. The van der Waals surface area contributed by atoms with Gasteiger partial charge in [-0.25, -0.2) is 0 Å². The molecule has 0 fully saturated rings. The molecule has 0 bridgehead atoms. The minimum absolute atomic E-state index is 0.0241. The average molecular weight is 268 g/mol. The number of carbonyl (C=O) groups excluding carboxylic acids is 1. The second-order valence-electron chi connectivity index (χ2n) is 5.08. The summed E-state index contributed by atoms with van der Waals surface area (Å²) in [4.78, 5) is 14.5. The Kier molecular flexibility index (Phi) is 2.89. The highest BCUT2D eigenvalue weighted by Crippen LogP contribution is 2.31. The molecule has 3 rings (SSSR count). The summed E-state index contributed by atoms with van der Waals surface area (Å²) in [6.07, 6.45) is 0.836. The first-order valence-corrected chi connectivity index (χ1v) is 6.57. The van der Waals surface area contributed by atoms with Crippen molar-refractivity contribution < 1.29 is 4.79 Å². The molecule has 1 aliphatic rings. The molecule has 1 aromatic heterocycles. The van der Waals surface area contributed by atoms with Crippen LogP contribution < -0.4 is 10.6 Å². The van der Waals surface area contributed by atoms with Crippen molar-refractivity contribution in [1.82, 2.24) is 10.2 Å². The van der Waals surface area contributed by atoms with Gasteiger partial charge in [-0.15, -0.1) is 0 Å². The lowest BCUT2D eigenvalue weighted by molar-refractivity contribution is 0.0988. The van der Waals surface area contributed by atoms with Crippen LogP contribution in [0.25, 0.3) is 0 Å². The maximum Gasteiger partial charge on any atom is 0.260 e. The van der Waals surface area contributed by atoms with E-state index >= 15 is 0 Å². The van der Waals surface area contributed by atoms with Gasteiger partial charge in [0.05, 0.1) is 17.0 Å². The molecule has 1 aliphatic heterocycles. The summed E-state index contributed by atoms with van der Waals surface area (Å²) in [7, 11) is 0. The van der Waals surface area contributed by atoms with E-state index in [0.717, 1.165) is 29.1 Å². The van der Waals surface area contributed by atoms with Gasteiger partial charge in [-0.3, -0.25) is 4.79 Å². The van der Waals surface area contributed by atoms with Crippen LogP contribution in [0.4, 0.5) is 11.4 Å². The normalized spacial score (nSPS) is 13.4. The van der Waals surface area contributed by atoms with E-state index in [-0.39, 0.29) is 5.91 Å². The fourth-order valence-corrected chi connectivity index (χ4v) is 2.54. The molecule has 0 radical (unpaired) electrons. The van der Waals surface area contributed by atoms with Crippen molar-refractivity contribution in [3.63, 3.8) is 0 Å². The van der Waals surface area contributed by atoms with Crippen molar-refractivity contribution in [1.29, 1.82) is 0 Å². The highest BCUT2D eigenvalue weighted by Gasteiger charge is 2.27. The van der Waals surface area contributed by atoms with Crippen LogP contribution in [0.3, 0.4) is 0 Å². The van der Waals surface area contributed by atoms with Crippen molar-refractivity contribution in [3.8, 4) is 0 Å². The Labute approximate surface area is 117 Å². The number of aromatic nitrogens is 2. The minimum atomic E-state index is -0.0241. The van der Waals surface area contributed by atoms with E-state index in [4.69, 9.17) is 5.73 Å². The van der Waals surface area contributed by atoms with Crippen LogP contribution in [0.5, 0.6) is 0 Å². The van der Waals surface area contributed by atoms with Gasteiger partial charge in [0, 0.05) is 17.9 Å².